The molecule has 0 spiro atoms. The first-order chi connectivity index (χ1) is 12.9. The molecule has 0 unspecified atom stereocenters. The number of carbonyl (C=O) groups excluding carboxylic acids is 2. The second-order valence-corrected chi connectivity index (χ2v) is 6.88. The molecule has 6 nitrogen and oxygen atoms in total. The van der Waals surface area contributed by atoms with Gasteiger partial charge in [0.25, 0.3) is 0 Å². The van der Waals surface area contributed by atoms with E-state index in [1.807, 2.05) is 30.3 Å². The number of alkyl carbamates (subject to hydrolysis) is 1. The third kappa shape index (κ3) is 7.40. The summed E-state index contributed by atoms with van der Waals surface area (Å²) in [6.07, 6.45) is 0.237. The third-order valence-electron chi connectivity index (χ3n) is 3.37. The lowest BCUT2D eigenvalue weighted by atomic mass is 10.2. The molecule has 6 heteroatoms. The number of hydrogen-bond donors (Lipinski definition) is 1. The molecular formula is C21H25NO5. The molecule has 0 aliphatic rings. The minimum atomic E-state index is -0.554. The molecule has 0 bridgehead atoms. The van der Waals surface area contributed by atoms with Crippen LogP contribution in [-0.4, -0.2) is 31.1 Å². The molecule has 1 amide bonds. The summed E-state index contributed by atoms with van der Waals surface area (Å²) in [5.74, 6) is 0.975. The van der Waals surface area contributed by atoms with Gasteiger partial charge in [-0.1, -0.05) is 30.3 Å². The highest BCUT2D eigenvalue weighted by atomic mass is 16.6. The van der Waals surface area contributed by atoms with Crippen LogP contribution >= 0.6 is 0 Å². The maximum Gasteiger partial charge on any atom is 0.407 e. The average molecular weight is 371 g/mol. The molecular weight excluding hydrogens is 346 g/mol. The monoisotopic (exact) mass is 371 g/mol. The van der Waals surface area contributed by atoms with Crippen molar-refractivity contribution < 1.29 is 23.8 Å². The van der Waals surface area contributed by atoms with Crippen molar-refractivity contribution >= 4 is 12.4 Å². The molecule has 0 fully saturated rings. The topological polar surface area (TPSA) is 73.9 Å². The average Bonchev–Trinajstić information content (AvgIpc) is 2.63. The summed E-state index contributed by atoms with van der Waals surface area (Å²) in [6, 6.07) is 14.7. The van der Waals surface area contributed by atoms with Gasteiger partial charge in [0.15, 0.2) is 11.5 Å². The van der Waals surface area contributed by atoms with Gasteiger partial charge in [-0.2, -0.15) is 0 Å². The standard InChI is InChI=1S/C21H25NO5/c1-21(2,3)27-20(24)22-11-12-25-19-13-17(14-23)9-10-18(19)26-15-16-7-5-4-6-8-16/h4-10,13-14H,11-12,15H2,1-3H3,(H,22,24). The van der Waals surface area contributed by atoms with Gasteiger partial charge in [0.2, 0.25) is 0 Å². The lowest BCUT2D eigenvalue weighted by molar-refractivity contribution is 0.0520. The van der Waals surface area contributed by atoms with Gasteiger partial charge in [-0.05, 0) is 44.5 Å². The van der Waals surface area contributed by atoms with Crippen LogP contribution in [0.5, 0.6) is 11.5 Å². The van der Waals surface area contributed by atoms with Crippen LogP contribution in [0.3, 0.4) is 0 Å². The first-order valence-corrected chi connectivity index (χ1v) is 8.73. The lowest BCUT2D eigenvalue weighted by Crippen LogP contribution is -2.34. The predicted molar refractivity (Wildman–Crippen MR) is 102 cm³/mol. The van der Waals surface area contributed by atoms with Gasteiger partial charge >= 0.3 is 6.09 Å². The van der Waals surface area contributed by atoms with Gasteiger partial charge in [-0.3, -0.25) is 4.79 Å². The third-order valence-corrected chi connectivity index (χ3v) is 3.37. The van der Waals surface area contributed by atoms with Crippen molar-refractivity contribution in [3.05, 3.63) is 59.7 Å². The minimum absolute atomic E-state index is 0.212. The molecule has 2 rings (SSSR count). The number of nitrogens with one attached hydrogen (secondary N) is 1. The first-order valence-electron chi connectivity index (χ1n) is 8.73. The Labute approximate surface area is 159 Å². The van der Waals surface area contributed by atoms with Crippen molar-refractivity contribution in [2.75, 3.05) is 13.2 Å². The van der Waals surface area contributed by atoms with Crippen LogP contribution in [0.1, 0.15) is 36.7 Å². The molecule has 0 saturated carbocycles. The SMILES string of the molecule is CC(C)(C)OC(=O)NCCOc1cc(C=O)ccc1OCc1ccccc1. The van der Waals surface area contributed by atoms with Crippen LogP contribution in [0.2, 0.25) is 0 Å². The lowest BCUT2D eigenvalue weighted by Gasteiger charge is -2.19. The molecule has 0 aromatic heterocycles. The molecule has 0 radical (unpaired) electrons. The number of carbonyl (C=O) groups is 2. The maximum absolute atomic E-state index is 11.6. The molecule has 0 atom stereocenters. The highest BCUT2D eigenvalue weighted by Crippen LogP contribution is 2.28. The van der Waals surface area contributed by atoms with E-state index in [9.17, 15) is 9.59 Å². The molecule has 27 heavy (non-hydrogen) atoms. The van der Waals surface area contributed by atoms with E-state index >= 15 is 0 Å². The number of ether oxygens (including phenoxy) is 3. The fraction of sp³-hybridized carbons (Fsp3) is 0.333. The summed E-state index contributed by atoms with van der Waals surface area (Å²) in [7, 11) is 0. The van der Waals surface area contributed by atoms with Crippen molar-refractivity contribution in [2.24, 2.45) is 0 Å². The molecule has 0 heterocycles. The highest BCUT2D eigenvalue weighted by Gasteiger charge is 2.15. The number of amides is 1. The van der Waals surface area contributed by atoms with Gasteiger partial charge in [0.1, 0.15) is 25.1 Å². The molecule has 1 N–H and O–H groups in total. The summed E-state index contributed by atoms with van der Waals surface area (Å²) in [5, 5.41) is 2.62. The fourth-order valence-electron chi connectivity index (χ4n) is 2.19. The first kappa shape index (κ1) is 20.3. The summed E-state index contributed by atoms with van der Waals surface area (Å²) in [6.45, 7) is 6.24. The van der Waals surface area contributed by atoms with Crippen molar-refractivity contribution in [3.63, 3.8) is 0 Å². The quantitative estimate of drug-likeness (QED) is 0.561. The number of aldehydes is 1. The Morgan fingerprint density at radius 3 is 2.44 bits per heavy atom. The smallest absolute Gasteiger partial charge is 0.407 e. The van der Waals surface area contributed by atoms with Crippen LogP contribution in [0, 0.1) is 0 Å². The normalized spacial score (nSPS) is 10.8. The van der Waals surface area contributed by atoms with Crippen LogP contribution < -0.4 is 14.8 Å². The molecule has 0 aliphatic heterocycles. The van der Waals surface area contributed by atoms with E-state index in [0.29, 0.717) is 23.7 Å². The zero-order chi connectivity index (χ0) is 19.7. The zero-order valence-corrected chi connectivity index (χ0v) is 15.9. The minimum Gasteiger partial charge on any atom is -0.488 e. The Morgan fingerprint density at radius 1 is 1.04 bits per heavy atom. The Hall–Kier alpha value is -3.02. The van der Waals surface area contributed by atoms with Gasteiger partial charge in [0, 0.05) is 5.56 Å². The molecule has 144 valence electrons. The van der Waals surface area contributed by atoms with Crippen molar-refractivity contribution in [1.82, 2.24) is 5.32 Å². The van der Waals surface area contributed by atoms with E-state index in [-0.39, 0.29) is 13.2 Å². The second kappa shape index (κ2) is 9.62. The molecule has 0 aliphatic carbocycles. The molecule has 2 aromatic rings. The molecule has 0 saturated heterocycles. The fourth-order valence-corrected chi connectivity index (χ4v) is 2.19. The Kier molecular flexibility index (Phi) is 7.23. The van der Waals surface area contributed by atoms with E-state index in [1.165, 1.54) is 0 Å². The van der Waals surface area contributed by atoms with E-state index in [0.717, 1.165) is 11.8 Å². The number of benzene rings is 2. The van der Waals surface area contributed by atoms with Crippen molar-refractivity contribution in [1.29, 1.82) is 0 Å². The summed E-state index contributed by atoms with van der Waals surface area (Å²) >= 11 is 0. The van der Waals surface area contributed by atoms with E-state index in [2.05, 4.69) is 5.32 Å². The number of hydrogen-bond acceptors (Lipinski definition) is 5. The number of rotatable bonds is 8. The van der Waals surface area contributed by atoms with Gasteiger partial charge in [0.05, 0.1) is 6.54 Å². The maximum atomic E-state index is 11.6. The highest BCUT2D eigenvalue weighted by molar-refractivity contribution is 5.76. The largest absolute Gasteiger partial charge is 0.488 e. The van der Waals surface area contributed by atoms with Crippen molar-refractivity contribution in [3.8, 4) is 11.5 Å². The molecule has 2 aromatic carbocycles. The van der Waals surface area contributed by atoms with Crippen LogP contribution in [-0.2, 0) is 11.3 Å². The predicted octanol–water partition coefficient (Wildman–Crippen LogP) is 3.98. The summed E-state index contributed by atoms with van der Waals surface area (Å²) < 4.78 is 16.7. The second-order valence-electron chi connectivity index (χ2n) is 6.88. The summed E-state index contributed by atoms with van der Waals surface area (Å²) in [5.41, 5.74) is 0.952. The van der Waals surface area contributed by atoms with Crippen molar-refractivity contribution in [2.45, 2.75) is 33.0 Å². The summed E-state index contributed by atoms with van der Waals surface area (Å²) in [4.78, 5) is 22.7. The Morgan fingerprint density at radius 2 is 1.78 bits per heavy atom. The van der Waals surface area contributed by atoms with Crippen LogP contribution in [0.25, 0.3) is 0 Å². The van der Waals surface area contributed by atoms with E-state index in [1.54, 1.807) is 39.0 Å². The van der Waals surface area contributed by atoms with Gasteiger partial charge < -0.3 is 19.5 Å². The van der Waals surface area contributed by atoms with E-state index < -0.39 is 11.7 Å². The van der Waals surface area contributed by atoms with E-state index in [4.69, 9.17) is 14.2 Å². The Bertz CT molecular complexity index is 753. The van der Waals surface area contributed by atoms with Gasteiger partial charge in [-0.15, -0.1) is 0 Å². The Balaban J connectivity index is 1.91. The van der Waals surface area contributed by atoms with Gasteiger partial charge in [-0.25, -0.2) is 4.79 Å². The van der Waals surface area contributed by atoms with Crippen LogP contribution in [0.15, 0.2) is 48.5 Å². The van der Waals surface area contributed by atoms with Crippen LogP contribution in [0.4, 0.5) is 4.79 Å². The zero-order valence-electron chi connectivity index (χ0n) is 15.9.